The molecule has 3 heterocycles. The number of carbonyl (C=O) groups excluding carboxylic acids is 1. The lowest BCUT2D eigenvalue weighted by molar-refractivity contribution is -0.137. The topological polar surface area (TPSA) is 96.8 Å². The SMILES string of the molecule is Cc1cc(-c2cc(NC(=O)c3cccc(C(F)(F)F)c3)ccc2C)n(-c2cc(NCC3CNC3)ncn2)n1. The van der Waals surface area contributed by atoms with E-state index in [9.17, 15) is 18.0 Å². The van der Waals surface area contributed by atoms with Crippen LogP contribution >= 0.6 is 0 Å². The Bertz CT molecular complexity index is 1480. The monoisotopic (exact) mass is 521 g/mol. The van der Waals surface area contributed by atoms with E-state index < -0.39 is 17.6 Å². The minimum absolute atomic E-state index is 0.0819. The molecule has 196 valence electrons. The summed E-state index contributed by atoms with van der Waals surface area (Å²) >= 11 is 0. The fourth-order valence-corrected chi connectivity index (χ4v) is 4.18. The first-order valence-electron chi connectivity index (χ1n) is 12.1. The Morgan fingerprint density at radius 2 is 1.89 bits per heavy atom. The number of aromatic nitrogens is 4. The number of hydrogen-bond donors (Lipinski definition) is 3. The molecule has 0 bridgehead atoms. The van der Waals surface area contributed by atoms with Crippen molar-refractivity contribution in [1.29, 1.82) is 0 Å². The summed E-state index contributed by atoms with van der Waals surface area (Å²) in [6.07, 6.45) is -3.05. The van der Waals surface area contributed by atoms with Gasteiger partial charge in [0, 0.05) is 48.4 Å². The van der Waals surface area contributed by atoms with Crippen LogP contribution in [0.2, 0.25) is 0 Å². The lowest BCUT2D eigenvalue weighted by Crippen LogP contribution is -2.45. The zero-order chi connectivity index (χ0) is 26.9. The number of carbonyl (C=O) groups is 1. The molecule has 0 spiro atoms. The van der Waals surface area contributed by atoms with E-state index in [1.807, 2.05) is 32.0 Å². The number of nitrogens with zero attached hydrogens (tertiary/aromatic N) is 4. The third-order valence-electron chi connectivity index (χ3n) is 6.36. The van der Waals surface area contributed by atoms with Gasteiger partial charge in [0.05, 0.1) is 17.0 Å². The number of aryl methyl sites for hydroxylation is 2. The molecule has 1 fully saturated rings. The molecular weight excluding hydrogens is 495 g/mol. The summed E-state index contributed by atoms with van der Waals surface area (Å²) < 4.78 is 41.0. The van der Waals surface area contributed by atoms with E-state index in [2.05, 4.69) is 31.0 Å². The average Bonchev–Trinajstić information content (AvgIpc) is 3.25. The summed E-state index contributed by atoms with van der Waals surface area (Å²) in [5.41, 5.74) is 2.72. The van der Waals surface area contributed by atoms with Gasteiger partial charge in [-0.2, -0.15) is 18.3 Å². The van der Waals surface area contributed by atoms with Gasteiger partial charge in [-0.25, -0.2) is 14.6 Å². The first-order chi connectivity index (χ1) is 18.2. The van der Waals surface area contributed by atoms with E-state index in [-0.39, 0.29) is 5.56 Å². The Kier molecular flexibility index (Phi) is 6.85. The zero-order valence-corrected chi connectivity index (χ0v) is 20.8. The highest BCUT2D eigenvalue weighted by atomic mass is 19.4. The van der Waals surface area contributed by atoms with Gasteiger partial charge in [-0.15, -0.1) is 0 Å². The normalized spacial score (nSPS) is 13.7. The van der Waals surface area contributed by atoms with Crippen molar-refractivity contribution >= 4 is 17.4 Å². The van der Waals surface area contributed by atoms with Gasteiger partial charge < -0.3 is 16.0 Å². The molecule has 0 unspecified atom stereocenters. The van der Waals surface area contributed by atoms with Gasteiger partial charge in [0.2, 0.25) is 0 Å². The van der Waals surface area contributed by atoms with Crippen molar-refractivity contribution in [3.63, 3.8) is 0 Å². The van der Waals surface area contributed by atoms with Crippen LogP contribution in [0, 0.1) is 19.8 Å². The van der Waals surface area contributed by atoms with E-state index in [0.29, 0.717) is 23.2 Å². The maximum atomic E-state index is 13.1. The number of anilines is 2. The molecule has 0 atom stereocenters. The minimum atomic E-state index is -4.53. The number of hydrogen-bond acceptors (Lipinski definition) is 6. The van der Waals surface area contributed by atoms with Crippen molar-refractivity contribution in [3.8, 4) is 17.1 Å². The van der Waals surface area contributed by atoms with Crippen molar-refractivity contribution in [2.45, 2.75) is 20.0 Å². The molecule has 0 saturated carbocycles. The first-order valence-corrected chi connectivity index (χ1v) is 12.1. The Labute approximate surface area is 217 Å². The smallest absolute Gasteiger partial charge is 0.370 e. The van der Waals surface area contributed by atoms with Crippen LogP contribution in [-0.2, 0) is 6.18 Å². The lowest BCUT2D eigenvalue weighted by atomic mass is 10.0. The van der Waals surface area contributed by atoms with Crippen molar-refractivity contribution in [2.24, 2.45) is 5.92 Å². The standard InChI is InChI=1S/C27H26F3N7O/c1-16-6-7-21(35-26(38)19-4-3-5-20(9-19)27(28,29)30)10-22(16)23-8-17(2)36-37(23)25-11-24(33-15-34-25)32-14-18-12-31-13-18/h3-11,15,18,31H,12-14H2,1-2H3,(H,35,38)(H,32,33,34). The molecule has 4 aromatic rings. The summed E-state index contributed by atoms with van der Waals surface area (Å²) in [5.74, 6) is 1.20. The first kappa shape index (κ1) is 25.4. The van der Waals surface area contributed by atoms with Gasteiger partial charge in [0.15, 0.2) is 5.82 Å². The van der Waals surface area contributed by atoms with E-state index in [0.717, 1.165) is 54.3 Å². The third-order valence-corrected chi connectivity index (χ3v) is 6.36. The average molecular weight is 522 g/mol. The van der Waals surface area contributed by atoms with Crippen LogP contribution in [0.15, 0.2) is 60.9 Å². The Hall–Kier alpha value is -4.25. The predicted molar refractivity (Wildman–Crippen MR) is 138 cm³/mol. The molecule has 1 amide bonds. The fraction of sp³-hybridized carbons (Fsp3) is 0.259. The highest BCUT2D eigenvalue weighted by Gasteiger charge is 2.31. The molecule has 3 N–H and O–H groups in total. The van der Waals surface area contributed by atoms with Crippen LogP contribution in [0.25, 0.3) is 17.1 Å². The van der Waals surface area contributed by atoms with Crippen LogP contribution < -0.4 is 16.0 Å². The van der Waals surface area contributed by atoms with E-state index >= 15 is 0 Å². The summed E-state index contributed by atoms with van der Waals surface area (Å²) in [4.78, 5) is 21.5. The zero-order valence-electron chi connectivity index (χ0n) is 20.8. The van der Waals surface area contributed by atoms with Crippen molar-refractivity contribution in [2.75, 3.05) is 30.3 Å². The summed E-state index contributed by atoms with van der Waals surface area (Å²) in [6, 6.07) is 13.4. The molecule has 5 rings (SSSR count). The van der Waals surface area contributed by atoms with Gasteiger partial charge >= 0.3 is 6.18 Å². The molecule has 8 nitrogen and oxygen atoms in total. The molecule has 1 aliphatic rings. The Balaban J connectivity index is 1.42. The maximum absolute atomic E-state index is 13.1. The quantitative estimate of drug-likeness (QED) is 0.322. The van der Waals surface area contributed by atoms with Crippen LogP contribution in [0.3, 0.4) is 0 Å². The number of rotatable bonds is 7. The van der Waals surface area contributed by atoms with E-state index in [1.54, 1.807) is 16.8 Å². The minimum Gasteiger partial charge on any atom is -0.370 e. The van der Waals surface area contributed by atoms with Gasteiger partial charge in [-0.05, 0) is 55.8 Å². The lowest BCUT2D eigenvalue weighted by Gasteiger charge is -2.27. The van der Waals surface area contributed by atoms with Gasteiger partial charge in [0.1, 0.15) is 12.1 Å². The molecule has 1 aliphatic heterocycles. The molecule has 2 aromatic carbocycles. The largest absolute Gasteiger partial charge is 0.416 e. The summed E-state index contributed by atoms with van der Waals surface area (Å²) in [6.45, 7) is 6.57. The molecule has 1 saturated heterocycles. The second-order valence-electron chi connectivity index (χ2n) is 9.31. The molecule has 0 radical (unpaired) electrons. The second-order valence-corrected chi connectivity index (χ2v) is 9.31. The Morgan fingerprint density at radius 1 is 1.08 bits per heavy atom. The van der Waals surface area contributed by atoms with E-state index in [4.69, 9.17) is 0 Å². The number of nitrogens with one attached hydrogen (secondary N) is 3. The maximum Gasteiger partial charge on any atom is 0.416 e. The highest BCUT2D eigenvalue weighted by molar-refractivity contribution is 6.04. The second kappa shape index (κ2) is 10.3. The summed E-state index contributed by atoms with van der Waals surface area (Å²) in [5, 5.41) is 13.9. The highest BCUT2D eigenvalue weighted by Crippen LogP contribution is 2.31. The third kappa shape index (κ3) is 5.52. The van der Waals surface area contributed by atoms with E-state index in [1.165, 1.54) is 18.5 Å². The van der Waals surface area contributed by atoms with Crippen molar-refractivity contribution < 1.29 is 18.0 Å². The van der Waals surface area contributed by atoms with Gasteiger partial charge in [0.25, 0.3) is 5.91 Å². The molecule has 11 heteroatoms. The molecule has 38 heavy (non-hydrogen) atoms. The number of amides is 1. The van der Waals surface area contributed by atoms with Gasteiger partial charge in [-0.1, -0.05) is 12.1 Å². The van der Waals surface area contributed by atoms with Crippen molar-refractivity contribution in [1.82, 2.24) is 25.1 Å². The number of benzene rings is 2. The molecule has 0 aliphatic carbocycles. The fourth-order valence-electron chi connectivity index (χ4n) is 4.18. The van der Waals surface area contributed by atoms with Gasteiger partial charge in [-0.3, -0.25) is 4.79 Å². The predicted octanol–water partition coefficient (Wildman–Crippen LogP) is 4.85. The summed E-state index contributed by atoms with van der Waals surface area (Å²) in [7, 11) is 0. The van der Waals surface area contributed by atoms with Crippen LogP contribution in [0.1, 0.15) is 27.2 Å². The Morgan fingerprint density at radius 3 is 2.63 bits per heavy atom. The van der Waals surface area contributed by atoms with Crippen LogP contribution in [0.5, 0.6) is 0 Å². The molecule has 2 aromatic heterocycles. The van der Waals surface area contributed by atoms with Crippen molar-refractivity contribution in [3.05, 3.63) is 83.3 Å². The van der Waals surface area contributed by atoms with Crippen LogP contribution in [-0.4, -0.2) is 45.3 Å². The van der Waals surface area contributed by atoms with Crippen LogP contribution in [0.4, 0.5) is 24.7 Å². The number of halogens is 3. The molecular formula is C27H26F3N7O. The number of alkyl halides is 3.